The molecule has 1 heterocycles. The Kier molecular flexibility index (Phi) is 6.43. The molecule has 5 nitrogen and oxygen atoms in total. The summed E-state index contributed by atoms with van der Waals surface area (Å²) < 4.78 is 54.3. The number of aryl methyl sites for hydroxylation is 2. The van der Waals surface area contributed by atoms with Crippen molar-refractivity contribution < 1.29 is 16.8 Å². The second-order valence-corrected chi connectivity index (χ2v) is 12.4. The molecule has 0 saturated heterocycles. The van der Waals surface area contributed by atoms with E-state index in [-0.39, 0.29) is 22.1 Å². The highest BCUT2D eigenvalue weighted by molar-refractivity contribution is 7.92. The molecule has 0 radical (unpaired) electrons. The van der Waals surface area contributed by atoms with Gasteiger partial charge in [-0.05, 0) is 62.9 Å². The van der Waals surface area contributed by atoms with Gasteiger partial charge in [-0.3, -0.25) is 4.31 Å². The number of sulfonamides is 1. The maximum atomic E-state index is 13.3. The van der Waals surface area contributed by atoms with Gasteiger partial charge in [0.15, 0.2) is 9.84 Å². The first-order valence-corrected chi connectivity index (χ1v) is 13.1. The summed E-state index contributed by atoms with van der Waals surface area (Å²) in [4.78, 5) is 0.479. The van der Waals surface area contributed by atoms with Crippen molar-refractivity contribution in [2.24, 2.45) is 5.92 Å². The van der Waals surface area contributed by atoms with Crippen LogP contribution in [0.2, 0.25) is 0 Å². The molecular weight excluding hydrogens is 418 g/mol. The highest BCUT2D eigenvalue weighted by Gasteiger charge is 2.38. The lowest BCUT2D eigenvalue weighted by molar-refractivity contribution is 0.313. The molecule has 0 aromatic heterocycles. The number of hydrogen-bond acceptors (Lipinski definition) is 4. The first kappa shape index (κ1) is 22.6. The third-order valence-electron chi connectivity index (χ3n) is 5.40. The standard InChI is InChI=1S/C23H29NO4S2/c1-17(2)15-20-16-23(29(25,26)21-9-5-18(3)6-10-21)13-14-24(20)30(27,28)22-11-7-19(4)8-12-22/h5-14,17,20,23H,15-16H2,1-4H3/t20-,23+/m0/s1. The Morgan fingerprint density at radius 3 is 1.87 bits per heavy atom. The fourth-order valence-electron chi connectivity index (χ4n) is 3.74. The third-order valence-corrected chi connectivity index (χ3v) is 9.32. The highest BCUT2D eigenvalue weighted by Crippen LogP contribution is 2.32. The van der Waals surface area contributed by atoms with Crippen LogP contribution in [-0.2, 0) is 19.9 Å². The van der Waals surface area contributed by atoms with Gasteiger partial charge >= 0.3 is 0 Å². The number of nitrogens with zero attached hydrogens (tertiary/aromatic N) is 1. The number of rotatable bonds is 6. The van der Waals surface area contributed by atoms with Gasteiger partial charge in [-0.25, -0.2) is 16.8 Å². The molecule has 0 amide bonds. The summed E-state index contributed by atoms with van der Waals surface area (Å²) in [7, 11) is -7.36. The Labute approximate surface area is 180 Å². The molecule has 7 heteroatoms. The van der Waals surface area contributed by atoms with Gasteiger partial charge in [-0.1, -0.05) is 49.2 Å². The zero-order valence-corrected chi connectivity index (χ0v) is 19.4. The molecule has 3 rings (SSSR count). The summed E-state index contributed by atoms with van der Waals surface area (Å²) in [5, 5.41) is -0.756. The lowest BCUT2D eigenvalue weighted by Crippen LogP contribution is -2.43. The fraction of sp³-hybridized carbons (Fsp3) is 0.391. The van der Waals surface area contributed by atoms with Gasteiger partial charge in [-0.2, -0.15) is 0 Å². The van der Waals surface area contributed by atoms with Crippen LogP contribution in [0.5, 0.6) is 0 Å². The van der Waals surface area contributed by atoms with Gasteiger partial charge in [0.1, 0.15) is 0 Å². The Bertz CT molecular complexity index is 1120. The summed E-state index contributed by atoms with van der Waals surface area (Å²) in [6, 6.07) is 13.1. The van der Waals surface area contributed by atoms with E-state index in [0.29, 0.717) is 6.42 Å². The summed E-state index contributed by atoms with van der Waals surface area (Å²) in [5.41, 5.74) is 1.97. The number of benzene rings is 2. The Morgan fingerprint density at radius 2 is 1.37 bits per heavy atom. The van der Waals surface area contributed by atoms with E-state index >= 15 is 0 Å². The Balaban J connectivity index is 1.98. The molecule has 2 aromatic rings. The van der Waals surface area contributed by atoms with Crippen LogP contribution in [0.4, 0.5) is 0 Å². The van der Waals surface area contributed by atoms with Gasteiger partial charge in [0.2, 0.25) is 0 Å². The Morgan fingerprint density at radius 1 is 0.867 bits per heavy atom. The van der Waals surface area contributed by atoms with Crippen molar-refractivity contribution in [3.63, 3.8) is 0 Å². The summed E-state index contributed by atoms with van der Waals surface area (Å²) >= 11 is 0. The van der Waals surface area contributed by atoms with Crippen LogP contribution in [0.15, 0.2) is 70.6 Å². The van der Waals surface area contributed by atoms with Crippen molar-refractivity contribution in [1.29, 1.82) is 0 Å². The predicted molar refractivity (Wildman–Crippen MR) is 119 cm³/mol. The van der Waals surface area contributed by atoms with Gasteiger partial charge in [0, 0.05) is 12.2 Å². The molecule has 162 valence electrons. The first-order valence-electron chi connectivity index (χ1n) is 10.1. The molecule has 1 aliphatic heterocycles. The quantitative estimate of drug-likeness (QED) is 0.655. The molecule has 0 aliphatic carbocycles. The Hall–Kier alpha value is -2.12. The summed E-state index contributed by atoms with van der Waals surface area (Å²) in [5.74, 6) is 0.222. The molecule has 0 N–H and O–H groups in total. The fourth-order valence-corrected chi connectivity index (χ4v) is 6.87. The van der Waals surface area contributed by atoms with Crippen molar-refractivity contribution in [3.8, 4) is 0 Å². The van der Waals surface area contributed by atoms with Crippen LogP contribution in [0.3, 0.4) is 0 Å². The zero-order valence-electron chi connectivity index (χ0n) is 17.8. The first-order chi connectivity index (χ1) is 14.0. The molecular formula is C23H29NO4S2. The molecule has 2 atom stereocenters. The molecule has 1 aliphatic rings. The summed E-state index contributed by atoms with van der Waals surface area (Å²) in [6.45, 7) is 7.83. The van der Waals surface area contributed by atoms with Gasteiger partial charge in [-0.15, -0.1) is 0 Å². The van der Waals surface area contributed by atoms with E-state index in [4.69, 9.17) is 0 Å². The largest absolute Gasteiger partial charge is 0.271 e. The van der Waals surface area contributed by atoms with E-state index in [1.165, 1.54) is 16.6 Å². The average Bonchev–Trinajstić information content (AvgIpc) is 2.68. The van der Waals surface area contributed by atoms with Crippen molar-refractivity contribution in [1.82, 2.24) is 4.31 Å². The van der Waals surface area contributed by atoms with Gasteiger partial charge < -0.3 is 0 Å². The van der Waals surface area contributed by atoms with Gasteiger partial charge in [0.25, 0.3) is 10.0 Å². The van der Waals surface area contributed by atoms with Crippen LogP contribution in [0, 0.1) is 19.8 Å². The predicted octanol–water partition coefficient (Wildman–Crippen LogP) is 4.47. The molecule has 0 saturated carbocycles. The van der Waals surface area contributed by atoms with Crippen LogP contribution >= 0.6 is 0 Å². The van der Waals surface area contributed by atoms with Crippen LogP contribution in [0.1, 0.15) is 37.8 Å². The van der Waals surface area contributed by atoms with E-state index in [0.717, 1.165) is 11.1 Å². The van der Waals surface area contributed by atoms with Crippen molar-refractivity contribution in [2.75, 3.05) is 0 Å². The molecule has 2 aromatic carbocycles. The van der Waals surface area contributed by atoms with Crippen molar-refractivity contribution >= 4 is 19.9 Å². The van der Waals surface area contributed by atoms with Crippen molar-refractivity contribution in [3.05, 3.63) is 71.9 Å². The molecule has 0 spiro atoms. The van der Waals surface area contributed by atoms with E-state index in [1.807, 2.05) is 27.7 Å². The van der Waals surface area contributed by atoms with Gasteiger partial charge in [0.05, 0.1) is 15.0 Å². The van der Waals surface area contributed by atoms with E-state index in [9.17, 15) is 16.8 Å². The maximum absolute atomic E-state index is 13.3. The molecule has 30 heavy (non-hydrogen) atoms. The molecule has 0 fully saturated rings. The minimum Gasteiger partial charge on any atom is -0.271 e. The minimum absolute atomic E-state index is 0.214. The lowest BCUT2D eigenvalue weighted by atomic mass is 9.98. The SMILES string of the molecule is Cc1ccc(S(=O)(=O)[C@@H]2C=CN(S(=O)(=O)c3ccc(C)cc3)[C@@H](CC(C)C)C2)cc1. The maximum Gasteiger partial charge on any atom is 0.264 e. The van der Waals surface area contributed by atoms with E-state index in [2.05, 4.69) is 0 Å². The number of sulfone groups is 1. The minimum atomic E-state index is -3.76. The average molecular weight is 448 g/mol. The highest BCUT2D eigenvalue weighted by atomic mass is 32.2. The second-order valence-electron chi connectivity index (χ2n) is 8.41. The third kappa shape index (κ3) is 4.62. The second kappa shape index (κ2) is 8.55. The van der Waals surface area contributed by atoms with Crippen LogP contribution in [-0.4, -0.2) is 32.4 Å². The number of hydrogen-bond donors (Lipinski definition) is 0. The topological polar surface area (TPSA) is 71.5 Å². The summed E-state index contributed by atoms with van der Waals surface area (Å²) in [6.07, 6.45) is 3.77. The van der Waals surface area contributed by atoms with E-state index in [1.54, 1.807) is 48.5 Å². The van der Waals surface area contributed by atoms with Crippen LogP contribution in [0.25, 0.3) is 0 Å². The van der Waals surface area contributed by atoms with Crippen molar-refractivity contribution in [2.45, 2.75) is 61.6 Å². The smallest absolute Gasteiger partial charge is 0.264 e. The molecule has 0 bridgehead atoms. The van der Waals surface area contributed by atoms with E-state index < -0.39 is 31.2 Å². The lowest BCUT2D eigenvalue weighted by Gasteiger charge is -2.36. The monoisotopic (exact) mass is 447 g/mol. The molecule has 0 unspecified atom stereocenters. The normalized spacial score (nSPS) is 20.0. The zero-order chi connectivity index (χ0) is 22.1. The van der Waals surface area contributed by atoms with Crippen LogP contribution < -0.4 is 0 Å².